The molecule has 3 aromatic heterocycles. The Morgan fingerprint density at radius 1 is 1.36 bits per heavy atom. The average molecular weight is 412 g/mol. The van der Waals surface area contributed by atoms with E-state index in [0.29, 0.717) is 28.3 Å². The molecule has 3 aromatic rings. The second-order valence-corrected chi connectivity index (χ2v) is 6.56. The van der Waals surface area contributed by atoms with E-state index in [1.54, 1.807) is 25.3 Å². The van der Waals surface area contributed by atoms with Gasteiger partial charge in [-0.15, -0.1) is 0 Å². The number of rotatable bonds is 5. The lowest BCUT2D eigenvalue weighted by Crippen LogP contribution is -2.28. The van der Waals surface area contributed by atoms with Crippen LogP contribution in [-0.2, 0) is 13.2 Å². The highest BCUT2D eigenvalue weighted by atomic mass is 32.1. The topological polar surface area (TPSA) is 94.8 Å². The largest absolute Gasteiger partial charge is 0.481 e. The van der Waals surface area contributed by atoms with Gasteiger partial charge in [0.15, 0.2) is 11.5 Å². The van der Waals surface area contributed by atoms with E-state index in [9.17, 15) is 18.0 Å². The summed E-state index contributed by atoms with van der Waals surface area (Å²) in [5, 5.41) is 6.44. The number of carbonyl (C=O) groups excluding carboxylic acids is 1. The van der Waals surface area contributed by atoms with Crippen molar-refractivity contribution >= 4 is 17.4 Å². The standard InChI is InChI=1S/C16H15F3N6O2S/c1-8(21-14(26)10-7-11(16(17,18)19)23-25(10)2)15-22-13(24-28-15)9-4-5-20-12(6-9)27-3/h4-8H,1-3H3,(H,21,26)/t8-/m1/s1. The fourth-order valence-corrected chi connectivity index (χ4v) is 3.01. The number of ether oxygens (including phenoxy) is 1. The number of aromatic nitrogens is 5. The first-order valence-electron chi connectivity index (χ1n) is 7.95. The lowest BCUT2D eigenvalue weighted by molar-refractivity contribution is -0.141. The number of amides is 1. The molecule has 0 aliphatic carbocycles. The predicted molar refractivity (Wildman–Crippen MR) is 93.8 cm³/mol. The second kappa shape index (κ2) is 7.54. The molecule has 0 aliphatic heterocycles. The maximum atomic E-state index is 12.8. The Kier molecular flexibility index (Phi) is 5.31. The first-order valence-corrected chi connectivity index (χ1v) is 8.72. The zero-order valence-corrected chi connectivity index (χ0v) is 15.8. The molecule has 148 valence electrons. The van der Waals surface area contributed by atoms with Crippen LogP contribution in [0.5, 0.6) is 5.88 Å². The van der Waals surface area contributed by atoms with Gasteiger partial charge in [-0.25, -0.2) is 9.97 Å². The molecule has 1 amide bonds. The van der Waals surface area contributed by atoms with Gasteiger partial charge < -0.3 is 10.1 Å². The van der Waals surface area contributed by atoms with E-state index in [1.807, 2.05) is 0 Å². The first-order chi connectivity index (χ1) is 13.2. The number of hydrogen-bond donors (Lipinski definition) is 1. The van der Waals surface area contributed by atoms with Crippen molar-refractivity contribution in [3.8, 4) is 17.3 Å². The van der Waals surface area contributed by atoms with E-state index in [0.717, 1.165) is 16.2 Å². The van der Waals surface area contributed by atoms with Crippen molar-refractivity contribution in [1.29, 1.82) is 0 Å². The minimum atomic E-state index is -4.62. The molecule has 0 saturated carbocycles. The van der Waals surface area contributed by atoms with Gasteiger partial charge in [-0.05, 0) is 24.5 Å². The van der Waals surface area contributed by atoms with Crippen LogP contribution in [0, 0.1) is 0 Å². The molecular formula is C16H15F3N6O2S. The Morgan fingerprint density at radius 2 is 2.11 bits per heavy atom. The SMILES string of the molecule is COc1cc(-c2nsc([C@@H](C)NC(=O)c3cc(C(F)(F)F)nn3C)n2)ccn1. The molecule has 1 atom stereocenters. The molecule has 0 aliphatic rings. The fraction of sp³-hybridized carbons (Fsp3) is 0.312. The van der Waals surface area contributed by atoms with Gasteiger partial charge in [-0.1, -0.05) is 0 Å². The van der Waals surface area contributed by atoms with Crippen molar-refractivity contribution in [3.05, 3.63) is 40.8 Å². The van der Waals surface area contributed by atoms with Crippen LogP contribution >= 0.6 is 11.5 Å². The minimum Gasteiger partial charge on any atom is -0.481 e. The van der Waals surface area contributed by atoms with Gasteiger partial charge in [-0.3, -0.25) is 9.48 Å². The fourth-order valence-electron chi connectivity index (χ4n) is 2.34. The maximum absolute atomic E-state index is 12.8. The van der Waals surface area contributed by atoms with Crippen LogP contribution in [0.4, 0.5) is 13.2 Å². The molecule has 8 nitrogen and oxygen atoms in total. The van der Waals surface area contributed by atoms with Crippen molar-refractivity contribution in [2.45, 2.75) is 19.1 Å². The van der Waals surface area contributed by atoms with Crippen LogP contribution in [0.2, 0.25) is 0 Å². The molecule has 0 unspecified atom stereocenters. The molecule has 3 heterocycles. The summed E-state index contributed by atoms with van der Waals surface area (Å²) in [7, 11) is 2.76. The molecule has 3 rings (SSSR count). The summed E-state index contributed by atoms with van der Waals surface area (Å²) in [6, 6.07) is 3.53. The highest BCUT2D eigenvalue weighted by molar-refractivity contribution is 7.05. The normalized spacial score (nSPS) is 12.6. The Bertz CT molecular complexity index is 1000. The monoisotopic (exact) mass is 412 g/mol. The Morgan fingerprint density at radius 3 is 2.75 bits per heavy atom. The van der Waals surface area contributed by atoms with E-state index in [2.05, 4.69) is 24.8 Å². The Labute approximate surface area is 161 Å². The quantitative estimate of drug-likeness (QED) is 0.693. The number of pyridine rings is 1. The molecule has 1 N–H and O–H groups in total. The Hall–Kier alpha value is -3.02. The van der Waals surface area contributed by atoms with Crippen molar-refractivity contribution in [3.63, 3.8) is 0 Å². The van der Waals surface area contributed by atoms with E-state index >= 15 is 0 Å². The summed E-state index contributed by atoms with van der Waals surface area (Å²) in [6.07, 6.45) is -3.07. The zero-order chi connectivity index (χ0) is 20.5. The molecule has 28 heavy (non-hydrogen) atoms. The van der Waals surface area contributed by atoms with Gasteiger partial charge in [0.2, 0.25) is 5.88 Å². The van der Waals surface area contributed by atoms with Gasteiger partial charge in [0.05, 0.1) is 13.2 Å². The smallest absolute Gasteiger partial charge is 0.435 e. The average Bonchev–Trinajstić information content (AvgIpc) is 3.28. The summed E-state index contributed by atoms with van der Waals surface area (Å²) in [4.78, 5) is 20.7. The molecule has 0 bridgehead atoms. The summed E-state index contributed by atoms with van der Waals surface area (Å²) >= 11 is 1.08. The van der Waals surface area contributed by atoms with Crippen molar-refractivity contribution in [2.75, 3.05) is 7.11 Å². The van der Waals surface area contributed by atoms with Gasteiger partial charge in [0.25, 0.3) is 5.91 Å². The molecule has 0 radical (unpaired) electrons. The molecular weight excluding hydrogens is 397 g/mol. The number of nitrogens with one attached hydrogen (secondary N) is 1. The Balaban J connectivity index is 1.75. The number of hydrogen-bond acceptors (Lipinski definition) is 7. The number of halogens is 3. The van der Waals surface area contributed by atoms with Crippen LogP contribution < -0.4 is 10.1 Å². The summed E-state index contributed by atoms with van der Waals surface area (Å²) in [5.74, 6) is 0.147. The van der Waals surface area contributed by atoms with Gasteiger partial charge >= 0.3 is 6.18 Å². The lowest BCUT2D eigenvalue weighted by Gasteiger charge is -2.10. The van der Waals surface area contributed by atoms with E-state index in [1.165, 1.54) is 14.2 Å². The van der Waals surface area contributed by atoms with E-state index in [4.69, 9.17) is 4.74 Å². The molecule has 0 fully saturated rings. The number of aryl methyl sites for hydroxylation is 1. The van der Waals surface area contributed by atoms with Crippen LogP contribution in [-0.4, -0.2) is 37.1 Å². The number of carbonyl (C=O) groups is 1. The summed E-state index contributed by atoms with van der Waals surface area (Å²) in [6.45, 7) is 1.66. The lowest BCUT2D eigenvalue weighted by atomic mass is 10.2. The minimum absolute atomic E-state index is 0.206. The number of methoxy groups -OCH3 is 1. The van der Waals surface area contributed by atoms with Crippen molar-refractivity contribution < 1.29 is 22.7 Å². The third-order valence-corrected chi connectivity index (χ3v) is 4.66. The van der Waals surface area contributed by atoms with Crippen LogP contribution in [0.25, 0.3) is 11.4 Å². The van der Waals surface area contributed by atoms with Crippen molar-refractivity contribution in [1.82, 2.24) is 29.4 Å². The van der Waals surface area contributed by atoms with Gasteiger partial charge in [0, 0.05) is 30.9 Å². The third-order valence-electron chi connectivity index (χ3n) is 3.76. The van der Waals surface area contributed by atoms with E-state index < -0.39 is 23.8 Å². The highest BCUT2D eigenvalue weighted by Crippen LogP contribution is 2.29. The van der Waals surface area contributed by atoms with Crippen LogP contribution in [0.1, 0.15) is 34.2 Å². The van der Waals surface area contributed by atoms with Crippen LogP contribution in [0.3, 0.4) is 0 Å². The highest BCUT2D eigenvalue weighted by Gasteiger charge is 2.35. The molecule has 0 saturated heterocycles. The second-order valence-electron chi connectivity index (χ2n) is 5.77. The number of nitrogens with zero attached hydrogens (tertiary/aromatic N) is 5. The molecule has 0 spiro atoms. The summed E-state index contributed by atoms with van der Waals surface area (Å²) in [5.41, 5.74) is -0.644. The third kappa shape index (κ3) is 4.11. The molecule has 12 heteroatoms. The maximum Gasteiger partial charge on any atom is 0.435 e. The van der Waals surface area contributed by atoms with Crippen molar-refractivity contribution in [2.24, 2.45) is 7.05 Å². The zero-order valence-electron chi connectivity index (χ0n) is 15.0. The predicted octanol–water partition coefficient (Wildman–Crippen LogP) is 2.85. The number of alkyl halides is 3. The first kappa shape index (κ1) is 19.7. The van der Waals surface area contributed by atoms with Gasteiger partial charge in [0.1, 0.15) is 10.7 Å². The summed E-state index contributed by atoms with van der Waals surface area (Å²) < 4.78 is 48.5. The van der Waals surface area contributed by atoms with Gasteiger partial charge in [-0.2, -0.15) is 22.6 Å². The van der Waals surface area contributed by atoms with E-state index in [-0.39, 0.29) is 5.69 Å². The van der Waals surface area contributed by atoms with Crippen LogP contribution in [0.15, 0.2) is 24.4 Å². The molecule has 0 aromatic carbocycles.